The number of carbonyl (C=O) groups excluding carboxylic acids is 1. The van der Waals surface area contributed by atoms with Gasteiger partial charge in [0.15, 0.2) is 5.69 Å². The third-order valence-corrected chi connectivity index (χ3v) is 4.05. The summed E-state index contributed by atoms with van der Waals surface area (Å²) < 4.78 is 19.1. The van der Waals surface area contributed by atoms with Crippen LogP contribution in [0.3, 0.4) is 0 Å². The number of ether oxygens (including phenoxy) is 1. The number of carboxylic acids is 1. The Bertz CT molecular complexity index is 1020. The van der Waals surface area contributed by atoms with Gasteiger partial charge in [0, 0.05) is 18.3 Å². The zero-order valence-corrected chi connectivity index (χ0v) is 15.2. The number of halogens is 1. The zero-order chi connectivity index (χ0) is 21.0. The summed E-state index contributed by atoms with van der Waals surface area (Å²) in [5.74, 6) is -2.25. The van der Waals surface area contributed by atoms with Gasteiger partial charge in [-0.1, -0.05) is 6.07 Å². The first-order valence-corrected chi connectivity index (χ1v) is 8.45. The van der Waals surface area contributed by atoms with Crippen LogP contribution in [0.1, 0.15) is 28.5 Å². The van der Waals surface area contributed by atoms with Gasteiger partial charge >= 0.3 is 5.97 Å². The lowest BCUT2D eigenvalue weighted by molar-refractivity contribution is -0.137. The Labute approximate surface area is 164 Å². The maximum absolute atomic E-state index is 13.1. The summed E-state index contributed by atoms with van der Waals surface area (Å²) in [5.41, 5.74) is 0.678. The number of benzene rings is 1. The van der Waals surface area contributed by atoms with Crippen molar-refractivity contribution in [3.8, 4) is 17.4 Å². The van der Waals surface area contributed by atoms with Crippen LogP contribution in [0.5, 0.6) is 11.8 Å². The molecule has 10 heteroatoms. The number of amides is 1. The number of carbonyl (C=O) groups is 2. The molecule has 0 saturated heterocycles. The summed E-state index contributed by atoms with van der Waals surface area (Å²) in [4.78, 5) is 27.8. The Hall–Kier alpha value is -3.95. The minimum absolute atomic E-state index is 0.135. The van der Waals surface area contributed by atoms with E-state index in [4.69, 9.17) is 9.84 Å². The van der Waals surface area contributed by atoms with Gasteiger partial charge in [-0.3, -0.25) is 9.59 Å². The fraction of sp³-hybridized carbons (Fsp3) is 0.158. The fourth-order valence-electron chi connectivity index (χ4n) is 2.63. The van der Waals surface area contributed by atoms with Crippen molar-refractivity contribution in [1.29, 1.82) is 0 Å². The molecular formula is C19H17FN4O5. The SMILES string of the molecule is COc1ccc([C@H](CC(=O)O)NC(=O)c2cc(O)n(-c3ccc(F)cc3)n2)cn1. The molecule has 29 heavy (non-hydrogen) atoms. The summed E-state index contributed by atoms with van der Waals surface area (Å²) in [6, 6.07) is 8.55. The molecular weight excluding hydrogens is 383 g/mol. The van der Waals surface area contributed by atoms with Gasteiger partial charge in [0.1, 0.15) is 5.82 Å². The molecule has 1 aromatic carbocycles. The standard InChI is InChI=1S/C19H17FN4O5/c1-29-16-7-2-11(10-21-16)14(9-18(26)27)22-19(28)15-8-17(25)24(23-15)13-5-3-12(20)4-6-13/h2-8,10,14,25H,9H2,1H3,(H,22,28)(H,26,27)/t14-/m0/s1. The molecule has 0 fully saturated rings. The predicted octanol–water partition coefficient (Wildman–Crippen LogP) is 2.07. The van der Waals surface area contributed by atoms with Crippen molar-refractivity contribution < 1.29 is 28.9 Å². The van der Waals surface area contributed by atoms with Crippen molar-refractivity contribution >= 4 is 11.9 Å². The minimum Gasteiger partial charge on any atom is -0.493 e. The fourth-order valence-corrected chi connectivity index (χ4v) is 2.63. The van der Waals surface area contributed by atoms with E-state index in [1.807, 2.05) is 0 Å². The first-order valence-electron chi connectivity index (χ1n) is 8.45. The lowest BCUT2D eigenvalue weighted by atomic mass is 10.1. The van der Waals surface area contributed by atoms with Crippen LogP contribution in [0.4, 0.5) is 4.39 Å². The molecule has 0 radical (unpaired) electrons. The van der Waals surface area contributed by atoms with E-state index in [2.05, 4.69) is 15.4 Å². The van der Waals surface area contributed by atoms with Crippen LogP contribution in [-0.2, 0) is 4.79 Å². The quantitative estimate of drug-likeness (QED) is 0.554. The Morgan fingerprint density at radius 3 is 2.55 bits per heavy atom. The maximum Gasteiger partial charge on any atom is 0.305 e. The smallest absolute Gasteiger partial charge is 0.305 e. The second-order valence-corrected chi connectivity index (χ2v) is 6.03. The van der Waals surface area contributed by atoms with Crippen molar-refractivity contribution in [2.24, 2.45) is 0 Å². The highest BCUT2D eigenvalue weighted by atomic mass is 19.1. The van der Waals surface area contributed by atoms with Crippen LogP contribution >= 0.6 is 0 Å². The molecule has 0 aliphatic carbocycles. The van der Waals surface area contributed by atoms with Crippen LogP contribution in [0, 0.1) is 5.82 Å². The number of methoxy groups -OCH3 is 1. The Kier molecular flexibility index (Phi) is 5.72. The molecule has 0 unspecified atom stereocenters. The molecule has 3 N–H and O–H groups in total. The maximum atomic E-state index is 13.1. The molecule has 9 nitrogen and oxygen atoms in total. The van der Waals surface area contributed by atoms with E-state index in [0.29, 0.717) is 17.1 Å². The Morgan fingerprint density at radius 2 is 1.97 bits per heavy atom. The van der Waals surface area contributed by atoms with E-state index in [1.165, 1.54) is 37.6 Å². The van der Waals surface area contributed by atoms with Crippen molar-refractivity contribution in [1.82, 2.24) is 20.1 Å². The highest BCUT2D eigenvalue weighted by Gasteiger charge is 2.22. The third kappa shape index (κ3) is 4.67. The van der Waals surface area contributed by atoms with Crippen LogP contribution in [0.15, 0.2) is 48.7 Å². The van der Waals surface area contributed by atoms with Gasteiger partial charge in [0.05, 0.1) is 25.3 Å². The number of rotatable bonds is 7. The molecule has 0 saturated carbocycles. The predicted molar refractivity (Wildman–Crippen MR) is 98.4 cm³/mol. The van der Waals surface area contributed by atoms with Crippen LogP contribution in [0.25, 0.3) is 5.69 Å². The average molecular weight is 400 g/mol. The molecule has 0 bridgehead atoms. The second-order valence-electron chi connectivity index (χ2n) is 6.03. The minimum atomic E-state index is -1.12. The second kappa shape index (κ2) is 8.38. The lowest BCUT2D eigenvalue weighted by Gasteiger charge is -2.16. The first-order chi connectivity index (χ1) is 13.9. The number of aliphatic carboxylic acids is 1. The number of aromatic hydroxyl groups is 1. The van der Waals surface area contributed by atoms with Crippen LogP contribution in [-0.4, -0.2) is 44.0 Å². The molecule has 2 aromatic heterocycles. The number of carboxylic acid groups (broad SMARTS) is 1. The highest BCUT2D eigenvalue weighted by Crippen LogP contribution is 2.21. The normalized spacial score (nSPS) is 11.7. The monoisotopic (exact) mass is 400 g/mol. The van der Waals surface area contributed by atoms with Gasteiger partial charge in [-0.25, -0.2) is 14.1 Å². The molecule has 150 valence electrons. The molecule has 0 spiro atoms. The highest BCUT2D eigenvalue weighted by molar-refractivity contribution is 5.93. The molecule has 0 aliphatic rings. The summed E-state index contributed by atoms with van der Waals surface area (Å²) in [7, 11) is 1.45. The van der Waals surface area contributed by atoms with E-state index in [-0.39, 0.29) is 18.0 Å². The van der Waals surface area contributed by atoms with E-state index in [9.17, 15) is 19.1 Å². The van der Waals surface area contributed by atoms with E-state index >= 15 is 0 Å². The van der Waals surface area contributed by atoms with Gasteiger partial charge in [0.2, 0.25) is 11.8 Å². The number of hydrogen-bond donors (Lipinski definition) is 3. The van der Waals surface area contributed by atoms with Crippen molar-refractivity contribution in [2.45, 2.75) is 12.5 Å². The Morgan fingerprint density at radius 1 is 1.24 bits per heavy atom. The van der Waals surface area contributed by atoms with Gasteiger partial charge in [0.25, 0.3) is 5.91 Å². The number of nitrogens with one attached hydrogen (secondary N) is 1. The zero-order valence-electron chi connectivity index (χ0n) is 15.2. The van der Waals surface area contributed by atoms with E-state index in [1.54, 1.807) is 12.1 Å². The molecule has 3 rings (SSSR count). The van der Waals surface area contributed by atoms with Crippen molar-refractivity contribution in [3.05, 3.63) is 65.7 Å². The van der Waals surface area contributed by atoms with E-state index < -0.39 is 23.7 Å². The van der Waals surface area contributed by atoms with Crippen LogP contribution in [0.2, 0.25) is 0 Å². The number of hydrogen-bond acceptors (Lipinski definition) is 6. The lowest BCUT2D eigenvalue weighted by Crippen LogP contribution is -2.30. The topological polar surface area (TPSA) is 127 Å². The molecule has 0 aliphatic heterocycles. The van der Waals surface area contributed by atoms with Gasteiger partial charge in [-0.2, -0.15) is 5.10 Å². The largest absolute Gasteiger partial charge is 0.493 e. The molecule has 2 heterocycles. The molecule has 1 amide bonds. The number of aromatic nitrogens is 3. The van der Waals surface area contributed by atoms with Crippen molar-refractivity contribution in [3.63, 3.8) is 0 Å². The first kappa shape index (κ1) is 19.8. The third-order valence-electron chi connectivity index (χ3n) is 4.05. The summed E-state index contributed by atoms with van der Waals surface area (Å²) >= 11 is 0. The summed E-state index contributed by atoms with van der Waals surface area (Å²) in [5, 5.41) is 25.8. The van der Waals surface area contributed by atoms with Crippen LogP contribution < -0.4 is 10.1 Å². The Balaban J connectivity index is 1.83. The average Bonchev–Trinajstić information content (AvgIpc) is 3.09. The van der Waals surface area contributed by atoms with Gasteiger partial charge in [-0.05, 0) is 29.8 Å². The molecule has 1 atom stereocenters. The summed E-state index contributed by atoms with van der Waals surface area (Å²) in [6.45, 7) is 0. The van der Waals surface area contributed by atoms with Gasteiger partial charge in [-0.15, -0.1) is 0 Å². The van der Waals surface area contributed by atoms with Crippen molar-refractivity contribution in [2.75, 3.05) is 7.11 Å². The summed E-state index contributed by atoms with van der Waals surface area (Å²) in [6.07, 6.45) is 1.02. The number of nitrogens with zero attached hydrogens (tertiary/aromatic N) is 3. The van der Waals surface area contributed by atoms with Gasteiger partial charge < -0.3 is 20.3 Å². The number of pyridine rings is 1. The molecule has 3 aromatic rings. The van der Waals surface area contributed by atoms with E-state index in [0.717, 1.165) is 10.7 Å².